The summed E-state index contributed by atoms with van der Waals surface area (Å²) in [5.41, 5.74) is 5.58. The highest BCUT2D eigenvalue weighted by atomic mass is 15.3. The van der Waals surface area contributed by atoms with Crippen LogP contribution in [-0.2, 0) is 0 Å². The van der Waals surface area contributed by atoms with Crippen LogP contribution in [-0.4, -0.2) is 25.0 Å². The Kier molecular flexibility index (Phi) is 3.23. The maximum absolute atomic E-state index is 4.48. The highest BCUT2D eigenvalue weighted by molar-refractivity contribution is 5.71. The van der Waals surface area contributed by atoms with Crippen LogP contribution in [0.2, 0.25) is 0 Å². The van der Waals surface area contributed by atoms with Gasteiger partial charge in [-0.2, -0.15) is 10.2 Å². The van der Waals surface area contributed by atoms with Crippen molar-refractivity contribution in [3.63, 3.8) is 0 Å². The van der Waals surface area contributed by atoms with Crippen molar-refractivity contribution in [1.82, 2.24) is 25.0 Å². The number of benzene rings is 1. The molecule has 5 heteroatoms. The number of hydrogen-bond acceptors (Lipinski definition) is 3. The van der Waals surface area contributed by atoms with Crippen LogP contribution < -0.4 is 0 Å². The molecule has 25 heavy (non-hydrogen) atoms. The van der Waals surface area contributed by atoms with Crippen molar-refractivity contribution in [2.75, 3.05) is 0 Å². The summed E-state index contributed by atoms with van der Waals surface area (Å²) in [4.78, 5) is 4.21. The molecule has 0 unspecified atom stereocenters. The fraction of sp³-hybridized carbons (Fsp3) is 0.150. The number of H-pyrrole nitrogens is 1. The maximum Gasteiger partial charge on any atom is 0.175 e. The Bertz CT molecular complexity index is 1010. The second kappa shape index (κ2) is 5.70. The average Bonchev–Trinajstić information content (AvgIpc) is 3.21. The molecular formula is C20H17N5. The van der Waals surface area contributed by atoms with Crippen molar-refractivity contribution in [1.29, 1.82) is 0 Å². The Labute approximate surface area is 145 Å². The molecule has 0 atom stereocenters. The van der Waals surface area contributed by atoms with Crippen LogP contribution in [0.25, 0.3) is 28.2 Å². The number of rotatable bonds is 4. The van der Waals surface area contributed by atoms with Gasteiger partial charge < -0.3 is 0 Å². The Hall–Kier alpha value is -3.21. The molecule has 1 aliphatic carbocycles. The van der Waals surface area contributed by atoms with Crippen LogP contribution >= 0.6 is 0 Å². The molecule has 0 aliphatic heterocycles. The van der Waals surface area contributed by atoms with Gasteiger partial charge in [0.05, 0.1) is 11.9 Å². The van der Waals surface area contributed by atoms with E-state index in [0.717, 1.165) is 28.2 Å². The minimum Gasteiger partial charge on any atom is -0.280 e. The summed E-state index contributed by atoms with van der Waals surface area (Å²) in [5, 5.41) is 12.1. The topological polar surface area (TPSA) is 59.4 Å². The SMILES string of the molecule is c1cncc(-c2cccc(-c3ccnn3-c3cc(C4CC4)[nH]n3)c2)c1. The standard InChI is InChI=1S/C20H17N5/c1-3-15(17-5-2-9-21-13-17)11-16(4-1)19-8-10-22-25(19)20-12-18(23-24-20)14-6-7-14/h1-5,8-14H,6-7H2,(H,23,24). The van der Waals surface area contributed by atoms with Gasteiger partial charge in [0.2, 0.25) is 0 Å². The zero-order chi connectivity index (χ0) is 16.6. The van der Waals surface area contributed by atoms with Crippen LogP contribution in [0.3, 0.4) is 0 Å². The quantitative estimate of drug-likeness (QED) is 0.611. The number of nitrogens with zero attached hydrogens (tertiary/aromatic N) is 4. The molecule has 122 valence electrons. The fourth-order valence-electron chi connectivity index (χ4n) is 3.13. The maximum atomic E-state index is 4.48. The number of nitrogens with one attached hydrogen (secondary N) is 1. The van der Waals surface area contributed by atoms with Crippen molar-refractivity contribution in [3.8, 4) is 28.2 Å². The monoisotopic (exact) mass is 327 g/mol. The van der Waals surface area contributed by atoms with E-state index in [1.165, 1.54) is 18.5 Å². The third-order valence-corrected chi connectivity index (χ3v) is 4.61. The molecule has 5 nitrogen and oxygen atoms in total. The van der Waals surface area contributed by atoms with Gasteiger partial charge in [0.15, 0.2) is 5.82 Å². The summed E-state index contributed by atoms with van der Waals surface area (Å²) in [6, 6.07) is 16.6. The minimum absolute atomic E-state index is 0.647. The molecule has 0 spiro atoms. The van der Waals surface area contributed by atoms with Gasteiger partial charge in [0.1, 0.15) is 0 Å². The van der Waals surface area contributed by atoms with E-state index >= 15 is 0 Å². The Morgan fingerprint density at radius 1 is 0.920 bits per heavy atom. The highest BCUT2D eigenvalue weighted by Gasteiger charge is 2.26. The third-order valence-electron chi connectivity index (χ3n) is 4.61. The molecule has 3 aromatic heterocycles. The summed E-state index contributed by atoms with van der Waals surface area (Å²) < 4.78 is 1.89. The lowest BCUT2D eigenvalue weighted by Gasteiger charge is -2.07. The molecule has 0 bridgehead atoms. The summed E-state index contributed by atoms with van der Waals surface area (Å²) in [5.74, 6) is 1.49. The summed E-state index contributed by atoms with van der Waals surface area (Å²) >= 11 is 0. The van der Waals surface area contributed by atoms with Crippen molar-refractivity contribution in [2.24, 2.45) is 0 Å². The second-order valence-corrected chi connectivity index (χ2v) is 6.41. The molecule has 0 radical (unpaired) electrons. The predicted octanol–water partition coefficient (Wildman–Crippen LogP) is 4.20. The molecule has 0 saturated heterocycles. The van der Waals surface area contributed by atoms with Crippen LogP contribution in [0, 0.1) is 0 Å². The summed E-state index contributed by atoms with van der Waals surface area (Å²) in [6.45, 7) is 0. The lowest BCUT2D eigenvalue weighted by molar-refractivity contribution is 0.839. The number of pyridine rings is 1. The van der Waals surface area contributed by atoms with Gasteiger partial charge in [-0.1, -0.05) is 24.3 Å². The van der Waals surface area contributed by atoms with Crippen molar-refractivity contribution in [3.05, 3.63) is 72.8 Å². The average molecular weight is 327 g/mol. The molecule has 1 fully saturated rings. The van der Waals surface area contributed by atoms with Crippen LogP contribution in [0.1, 0.15) is 24.5 Å². The van der Waals surface area contributed by atoms with Gasteiger partial charge in [-0.3, -0.25) is 10.1 Å². The van der Waals surface area contributed by atoms with E-state index in [1.54, 1.807) is 6.20 Å². The predicted molar refractivity (Wildman–Crippen MR) is 96.4 cm³/mol. The molecule has 4 aromatic rings. The number of hydrogen-bond donors (Lipinski definition) is 1. The first-order chi connectivity index (χ1) is 12.4. The molecule has 1 aromatic carbocycles. The van der Waals surface area contributed by atoms with Crippen molar-refractivity contribution < 1.29 is 0 Å². The van der Waals surface area contributed by atoms with Gasteiger partial charge in [0, 0.05) is 41.2 Å². The van der Waals surface area contributed by atoms with E-state index in [-0.39, 0.29) is 0 Å². The Morgan fingerprint density at radius 2 is 1.80 bits per heavy atom. The van der Waals surface area contributed by atoms with Crippen molar-refractivity contribution >= 4 is 0 Å². The first kappa shape index (κ1) is 14.2. The van der Waals surface area contributed by atoms with E-state index in [1.807, 2.05) is 29.2 Å². The summed E-state index contributed by atoms with van der Waals surface area (Å²) in [7, 11) is 0. The van der Waals surface area contributed by atoms with Gasteiger partial charge in [-0.15, -0.1) is 0 Å². The number of aromatic amines is 1. The van der Waals surface area contributed by atoms with Crippen LogP contribution in [0.15, 0.2) is 67.1 Å². The zero-order valence-corrected chi connectivity index (χ0v) is 13.6. The smallest absolute Gasteiger partial charge is 0.175 e. The zero-order valence-electron chi connectivity index (χ0n) is 13.6. The molecule has 0 amide bonds. The third kappa shape index (κ3) is 2.63. The van der Waals surface area contributed by atoms with Crippen LogP contribution in [0.4, 0.5) is 0 Å². The second-order valence-electron chi connectivity index (χ2n) is 6.41. The first-order valence-corrected chi connectivity index (χ1v) is 8.49. The van der Waals surface area contributed by atoms with E-state index in [2.05, 4.69) is 56.7 Å². The van der Waals surface area contributed by atoms with E-state index in [9.17, 15) is 0 Å². The Morgan fingerprint density at radius 3 is 2.64 bits per heavy atom. The molecule has 1 saturated carbocycles. The molecule has 5 rings (SSSR count). The number of aromatic nitrogens is 5. The van der Waals surface area contributed by atoms with E-state index < -0.39 is 0 Å². The lowest BCUT2D eigenvalue weighted by atomic mass is 10.0. The minimum atomic E-state index is 0.647. The lowest BCUT2D eigenvalue weighted by Crippen LogP contribution is -1.99. The first-order valence-electron chi connectivity index (χ1n) is 8.49. The van der Waals surface area contributed by atoms with E-state index in [0.29, 0.717) is 5.92 Å². The van der Waals surface area contributed by atoms with Gasteiger partial charge in [0.25, 0.3) is 0 Å². The van der Waals surface area contributed by atoms with Gasteiger partial charge in [-0.05, 0) is 36.6 Å². The fourth-order valence-corrected chi connectivity index (χ4v) is 3.13. The van der Waals surface area contributed by atoms with Crippen molar-refractivity contribution in [2.45, 2.75) is 18.8 Å². The molecule has 3 heterocycles. The highest BCUT2D eigenvalue weighted by Crippen LogP contribution is 2.39. The van der Waals surface area contributed by atoms with Gasteiger partial charge in [-0.25, -0.2) is 4.68 Å². The van der Waals surface area contributed by atoms with E-state index in [4.69, 9.17) is 0 Å². The van der Waals surface area contributed by atoms with Gasteiger partial charge >= 0.3 is 0 Å². The largest absolute Gasteiger partial charge is 0.280 e. The van der Waals surface area contributed by atoms with Crippen LogP contribution in [0.5, 0.6) is 0 Å². The molecule has 1 aliphatic rings. The molecule has 1 N–H and O–H groups in total. The summed E-state index contributed by atoms with van der Waals surface area (Å²) in [6.07, 6.45) is 7.99. The Balaban J connectivity index is 1.55. The normalized spacial score (nSPS) is 13.9. The molecular weight excluding hydrogens is 310 g/mol.